The second kappa shape index (κ2) is 4.61. The summed E-state index contributed by atoms with van der Waals surface area (Å²) in [6, 6.07) is 4.10. The van der Waals surface area contributed by atoms with Gasteiger partial charge in [0, 0.05) is 24.8 Å². The summed E-state index contributed by atoms with van der Waals surface area (Å²) < 4.78 is 22.5. The van der Waals surface area contributed by atoms with Crippen molar-refractivity contribution >= 4 is 37.2 Å². The highest BCUT2D eigenvalue weighted by atomic mass is 35.7. The van der Waals surface area contributed by atoms with E-state index in [0.717, 1.165) is 0 Å². The van der Waals surface area contributed by atoms with Crippen molar-refractivity contribution in [1.29, 1.82) is 0 Å². The van der Waals surface area contributed by atoms with Gasteiger partial charge >= 0.3 is 0 Å². The molecule has 0 aliphatic carbocycles. The van der Waals surface area contributed by atoms with Crippen molar-refractivity contribution in [2.45, 2.75) is 4.90 Å². The number of amides is 1. The zero-order chi connectivity index (χ0) is 12.5. The lowest BCUT2D eigenvalue weighted by molar-refractivity contribution is 0.0824. The molecule has 0 spiro atoms. The summed E-state index contributed by atoms with van der Waals surface area (Å²) >= 11 is 5.80. The molecule has 0 saturated heterocycles. The summed E-state index contributed by atoms with van der Waals surface area (Å²) in [4.78, 5) is 12.7. The molecule has 0 atom stereocenters. The van der Waals surface area contributed by atoms with Gasteiger partial charge < -0.3 is 4.90 Å². The minimum atomic E-state index is -3.99. The minimum absolute atomic E-state index is 0.0559. The number of halogens is 2. The first-order chi connectivity index (χ1) is 7.25. The Morgan fingerprint density at radius 1 is 1.31 bits per heavy atom. The van der Waals surface area contributed by atoms with Crippen molar-refractivity contribution in [3.63, 3.8) is 0 Å². The molecular weight excluding hydrogens is 273 g/mol. The van der Waals surface area contributed by atoms with Crippen LogP contribution < -0.4 is 0 Å². The van der Waals surface area contributed by atoms with Crippen LogP contribution in [-0.4, -0.2) is 33.3 Å². The average Bonchev–Trinajstić information content (AvgIpc) is 2.14. The lowest BCUT2D eigenvalue weighted by atomic mass is 10.2. The third kappa shape index (κ3) is 2.66. The molecule has 0 fully saturated rings. The predicted molar refractivity (Wildman–Crippen MR) is 62.5 cm³/mol. The predicted octanol–water partition coefficient (Wildman–Crippen LogP) is 1.97. The topological polar surface area (TPSA) is 54.5 Å². The van der Waals surface area contributed by atoms with Gasteiger partial charge in [0.15, 0.2) is 0 Å². The molecule has 0 heterocycles. The molecule has 0 aromatic heterocycles. The molecule has 1 aromatic carbocycles. The first-order valence-corrected chi connectivity index (χ1v) is 6.88. The van der Waals surface area contributed by atoms with Gasteiger partial charge in [-0.3, -0.25) is 4.79 Å². The van der Waals surface area contributed by atoms with Crippen LogP contribution in [0.3, 0.4) is 0 Å². The normalized spacial score (nSPS) is 11.2. The fraction of sp³-hybridized carbons (Fsp3) is 0.222. The van der Waals surface area contributed by atoms with Gasteiger partial charge in [0.1, 0.15) is 0 Å². The molecule has 0 aliphatic heterocycles. The highest BCUT2D eigenvalue weighted by molar-refractivity contribution is 8.13. The van der Waals surface area contributed by atoms with Crippen LogP contribution in [0.25, 0.3) is 0 Å². The van der Waals surface area contributed by atoms with E-state index in [4.69, 9.17) is 22.3 Å². The SMILES string of the molecule is CN(C)C(=O)c1c(Cl)cccc1S(=O)(=O)Cl. The zero-order valence-corrected chi connectivity index (χ0v) is 10.9. The molecule has 1 rings (SSSR count). The summed E-state index contributed by atoms with van der Waals surface area (Å²) in [6.45, 7) is 0. The van der Waals surface area contributed by atoms with Gasteiger partial charge in [-0.1, -0.05) is 17.7 Å². The van der Waals surface area contributed by atoms with E-state index in [-0.39, 0.29) is 15.5 Å². The lowest BCUT2D eigenvalue weighted by Gasteiger charge is -2.13. The van der Waals surface area contributed by atoms with Gasteiger partial charge in [0.25, 0.3) is 15.0 Å². The van der Waals surface area contributed by atoms with Crippen molar-refractivity contribution in [1.82, 2.24) is 4.90 Å². The third-order valence-corrected chi connectivity index (χ3v) is 3.54. The number of hydrogen-bond acceptors (Lipinski definition) is 3. The van der Waals surface area contributed by atoms with Crippen molar-refractivity contribution < 1.29 is 13.2 Å². The monoisotopic (exact) mass is 281 g/mol. The Morgan fingerprint density at radius 3 is 2.31 bits per heavy atom. The molecule has 16 heavy (non-hydrogen) atoms. The van der Waals surface area contributed by atoms with Crippen molar-refractivity contribution in [2.24, 2.45) is 0 Å². The van der Waals surface area contributed by atoms with E-state index < -0.39 is 15.0 Å². The second-order valence-corrected chi connectivity index (χ2v) is 6.19. The lowest BCUT2D eigenvalue weighted by Crippen LogP contribution is -2.23. The van der Waals surface area contributed by atoms with Crippen LogP contribution in [0.15, 0.2) is 23.1 Å². The number of carbonyl (C=O) groups is 1. The number of nitrogens with zero attached hydrogens (tertiary/aromatic N) is 1. The Kier molecular flexibility index (Phi) is 3.83. The zero-order valence-electron chi connectivity index (χ0n) is 8.57. The summed E-state index contributed by atoms with van der Waals surface area (Å²) in [6.07, 6.45) is 0. The van der Waals surface area contributed by atoms with E-state index >= 15 is 0 Å². The first kappa shape index (κ1) is 13.3. The largest absolute Gasteiger partial charge is 0.345 e. The van der Waals surface area contributed by atoms with Gasteiger partial charge in [-0.2, -0.15) is 0 Å². The summed E-state index contributed by atoms with van der Waals surface area (Å²) in [5.74, 6) is -0.509. The minimum Gasteiger partial charge on any atom is -0.345 e. The highest BCUT2D eigenvalue weighted by Crippen LogP contribution is 2.27. The van der Waals surface area contributed by atoms with E-state index in [1.807, 2.05) is 0 Å². The van der Waals surface area contributed by atoms with Gasteiger partial charge in [-0.15, -0.1) is 0 Å². The Labute approximate surface area is 103 Å². The Bertz CT molecular complexity index is 526. The summed E-state index contributed by atoms with van der Waals surface area (Å²) in [5, 5.41) is 0.0559. The molecule has 0 radical (unpaired) electrons. The van der Waals surface area contributed by atoms with Gasteiger partial charge in [0.2, 0.25) is 0 Å². The van der Waals surface area contributed by atoms with E-state index in [0.29, 0.717) is 0 Å². The summed E-state index contributed by atoms with van der Waals surface area (Å²) in [5.41, 5.74) is -0.107. The highest BCUT2D eigenvalue weighted by Gasteiger charge is 2.24. The maximum Gasteiger partial charge on any atom is 0.262 e. The van der Waals surface area contributed by atoms with E-state index in [1.165, 1.54) is 37.2 Å². The average molecular weight is 282 g/mol. The molecule has 1 amide bonds. The van der Waals surface area contributed by atoms with E-state index in [2.05, 4.69) is 0 Å². The van der Waals surface area contributed by atoms with E-state index in [1.54, 1.807) is 0 Å². The maximum atomic E-state index is 11.8. The fourth-order valence-corrected chi connectivity index (χ4v) is 2.52. The molecule has 0 unspecified atom stereocenters. The number of rotatable bonds is 2. The molecule has 7 heteroatoms. The standard InChI is InChI=1S/C9H9Cl2NO3S/c1-12(2)9(13)8-6(10)4-3-5-7(8)16(11,14)15/h3-5H,1-2H3. The maximum absolute atomic E-state index is 11.8. The first-order valence-electron chi connectivity index (χ1n) is 4.20. The second-order valence-electron chi connectivity index (χ2n) is 3.25. The Balaban J connectivity index is 3.54. The van der Waals surface area contributed by atoms with Crippen molar-refractivity contribution in [2.75, 3.05) is 14.1 Å². The molecule has 0 aliphatic rings. The molecular formula is C9H9Cl2NO3S. The van der Waals surface area contributed by atoms with E-state index in [9.17, 15) is 13.2 Å². The van der Waals surface area contributed by atoms with Crippen LogP contribution >= 0.6 is 22.3 Å². The van der Waals surface area contributed by atoms with Gasteiger partial charge in [0.05, 0.1) is 15.5 Å². The van der Waals surface area contributed by atoms with Gasteiger partial charge in [-0.05, 0) is 12.1 Å². The van der Waals surface area contributed by atoms with Crippen LogP contribution in [0.5, 0.6) is 0 Å². The van der Waals surface area contributed by atoms with Crippen molar-refractivity contribution in [3.05, 3.63) is 28.8 Å². The number of hydrogen-bond donors (Lipinski definition) is 0. The van der Waals surface area contributed by atoms with Crippen LogP contribution in [0.2, 0.25) is 5.02 Å². The molecule has 0 N–H and O–H groups in total. The van der Waals surface area contributed by atoms with Crippen LogP contribution in [0.4, 0.5) is 0 Å². The summed E-state index contributed by atoms with van der Waals surface area (Å²) in [7, 11) is 4.23. The quantitative estimate of drug-likeness (QED) is 0.779. The Hall–Kier alpha value is -0.780. The number of carbonyl (C=O) groups excluding carboxylic acids is 1. The van der Waals surface area contributed by atoms with Crippen LogP contribution in [0.1, 0.15) is 10.4 Å². The molecule has 0 saturated carbocycles. The molecule has 88 valence electrons. The molecule has 1 aromatic rings. The van der Waals surface area contributed by atoms with Crippen LogP contribution in [-0.2, 0) is 9.05 Å². The Morgan fingerprint density at radius 2 is 1.88 bits per heavy atom. The third-order valence-electron chi connectivity index (χ3n) is 1.86. The number of benzene rings is 1. The van der Waals surface area contributed by atoms with Gasteiger partial charge in [-0.25, -0.2) is 8.42 Å². The smallest absolute Gasteiger partial charge is 0.262 e. The molecule has 4 nitrogen and oxygen atoms in total. The fourth-order valence-electron chi connectivity index (χ4n) is 1.14. The van der Waals surface area contributed by atoms with Crippen molar-refractivity contribution in [3.8, 4) is 0 Å². The molecule has 0 bridgehead atoms. The van der Waals surface area contributed by atoms with Crippen LogP contribution in [0, 0.1) is 0 Å².